The van der Waals surface area contributed by atoms with Crippen molar-refractivity contribution in [1.29, 1.82) is 0 Å². The van der Waals surface area contributed by atoms with Crippen LogP contribution in [0.1, 0.15) is 85.5 Å². The molecule has 0 aromatic carbocycles. The van der Waals surface area contributed by atoms with Gasteiger partial charge in [-0.05, 0) is 50.4 Å². The summed E-state index contributed by atoms with van der Waals surface area (Å²) in [6, 6.07) is 0. The van der Waals surface area contributed by atoms with Crippen LogP contribution in [0.2, 0.25) is 0 Å². The summed E-state index contributed by atoms with van der Waals surface area (Å²) in [5.41, 5.74) is 0. The summed E-state index contributed by atoms with van der Waals surface area (Å²) in [5, 5.41) is 8.72. The van der Waals surface area contributed by atoms with E-state index in [1.165, 1.54) is 7.11 Å². The molecule has 0 saturated heterocycles. The predicted molar refractivity (Wildman–Crippen MR) is 126 cm³/mol. The Morgan fingerprint density at radius 1 is 0.875 bits per heavy atom. The highest BCUT2D eigenvalue weighted by Gasteiger charge is 2.35. The third-order valence-corrected chi connectivity index (χ3v) is 6.17. The molecule has 6 heteroatoms. The number of carboxylic acids is 1. The van der Waals surface area contributed by atoms with Crippen molar-refractivity contribution in [3.8, 4) is 0 Å². The standard InChI is InChI=1S/C13H20O3.C12H18O3.CH4/c1-3-4-5-6-11-10(7-8-12(11)14)9-13(15)16-2;1-2-3-4-5-10-9(8-12(14)15)6-7-11(10)13;/h4-5,10-11H,3,6-9H2,1-2H3;3-4,9-10H,2,5-8H2,1H3,(H,14,15);1H4/b5-4+;4-3+;/t10-,11+;9-,10+;/m00./s1. The van der Waals surface area contributed by atoms with Crippen molar-refractivity contribution in [3.63, 3.8) is 0 Å². The van der Waals surface area contributed by atoms with Gasteiger partial charge in [-0.25, -0.2) is 0 Å². The minimum absolute atomic E-state index is 0. The predicted octanol–water partition coefficient (Wildman–Crippen LogP) is 5.55. The SMILES string of the molecule is C.CC/C=C/C[C@H]1C(=O)CC[C@H]1CC(=O)O.CC/C=C/C[C@H]1C(=O)CC[C@H]1CC(=O)OC. The number of hydrogen-bond donors (Lipinski definition) is 1. The first-order chi connectivity index (χ1) is 14.8. The summed E-state index contributed by atoms with van der Waals surface area (Å²) in [7, 11) is 1.39. The molecule has 2 fully saturated rings. The maximum atomic E-state index is 11.7. The summed E-state index contributed by atoms with van der Waals surface area (Å²) in [4.78, 5) is 45.0. The lowest BCUT2D eigenvalue weighted by Gasteiger charge is -2.15. The van der Waals surface area contributed by atoms with Crippen molar-refractivity contribution < 1.29 is 29.0 Å². The second-order valence-corrected chi connectivity index (χ2v) is 8.35. The number of carboxylic acid groups (broad SMARTS) is 1. The Kier molecular flexibility index (Phi) is 15.3. The molecule has 0 heterocycles. The van der Waals surface area contributed by atoms with Crippen LogP contribution >= 0.6 is 0 Å². The second kappa shape index (κ2) is 16.4. The van der Waals surface area contributed by atoms with Gasteiger partial charge in [0.1, 0.15) is 11.6 Å². The number of hydrogen-bond acceptors (Lipinski definition) is 5. The third-order valence-electron chi connectivity index (χ3n) is 6.17. The van der Waals surface area contributed by atoms with Gasteiger partial charge < -0.3 is 9.84 Å². The lowest BCUT2D eigenvalue weighted by Crippen LogP contribution is -2.18. The number of Topliss-reactive ketones (excluding diaryl/α,β-unsaturated/α-hetero) is 2. The van der Waals surface area contributed by atoms with E-state index in [4.69, 9.17) is 5.11 Å². The number of aliphatic carboxylic acids is 1. The van der Waals surface area contributed by atoms with E-state index in [9.17, 15) is 19.2 Å². The Bertz CT molecular complexity index is 663. The largest absolute Gasteiger partial charge is 0.481 e. The number of carbonyl (C=O) groups excluding carboxylic acids is 3. The van der Waals surface area contributed by atoms with Gasteiger partial charge >= 0.3 is 11.9 Å². The van der Waals surface area contributed by atoms with E-state index < -0.39 is 5.97 Å². The maximum absolute atomic E-state index is 11.7. The second-order valence-electron chi connectivity index (χ2n) is 8.35. The van der Waals surface area contributed by atoms with Gasteiger partial charge in [-0.2, -0.15) is 0 Å². The Morgan fingerprint density at radius 2 is 1.31 bits per heavy atom. The Labute approximate surface area is 193 Å². The van der Waals surface area contributed by atoms with Crippen molar-refractivity contribution in [1.82, 2.24) is 0 Å². The summed E-state index contributed by atoms with van der Waals surface area (Å²) in [6.07, 6.45) is 14.9. The van der Waals surface area contributed by atoms with Gasteiger partial charge in [0, 0.05) is 37.5 Å². The molecule has 2 aliphatic rings. The summed E-state index contributed by atoms with van der Waals surface area (Å²) in [6.45, 7) is 4.11. The molecular weight excluding hydrogens is 408 g/mol. The number of rotatable bonds is 10. The van der Waals surface area contributed by atoms with E-state index in [-0.39, 0.29) is 49.3 Å². The van der Waals surface area contributed by atoms with E-state index in [1.807, 2.05) is 19.1 Å². The van der Waals surface area contributed by atoms with E-state index >= 15 is 0 Å². The van der Waals surface area contributed by atoms with Gasteiger partial charge in [-0.3, -0.25) is 19.2 Å². The minimum Gasteiger partial charge on any atom is -0.481 e. The fraction of sp³-hybridized carbons (Fsp3) is 0.692. The van der Waals surface area contributed by atoms with Gasteiger partial charge in [0.15, 0.2) is 0 Å². The lowest BCUT2D eigenvalue weighted by atomic mass is 9.89. The van der Waals surface area contributed by atoms with Crippen molar-refractivity contribution in [3.05, 3.63) is 24.3 Å². The van der Waals surface area contributed by atoms with Gasteiger partial charge in [0.05, 0.1) is 7.11 Å². The monoisotopic (exact) mass is 450 g/mol. The van der Waals surface area contributed by atoms with Crippen LogP contribution < -0.4 is 0 Å². The number of ether oxygens (including phenoxy) is 1. The molecule has 0 amide bonds. The van der Waals surface area contributed by atoms with Crippen LogP contribution in [0, 0.1) is 23.7 Å². The number of methoxy groups -OCH3 is 1. The summed E-state index contributed by atoms with van der Waals surface area (Å²) < 4.78 is 4.65. The zero-order valence-corrected chi connectivity index (χ0v) is 19.2. The van der Waals surface area contributed by atoms with Crippen LogP contribution in [0.25, 0.3) is 0 Å². The molecule has 0 radical (unpaired) electrons. The maximum Gasteiger partial charge on any atom is 0.305 e. The average Bonchev–Trinajstić information content (AvgIpc) is 3.25. The van der Waals surface area contributed by atoms with E-state index in [0.29, 0.717) is 31.5 Å². The first kappa shape index (κ1) is 29.8. The smallest absolute Gasteiger partial charge is 0.305 e. The molecule has 0 spiro atoms. The van der Waals surface area contributed by atoms with Crippen LogP contribution in [-0.4, -0.2) is 35.7 Å². The van der Waals surface area contributed by atoms with Crippen molar-refractivity contribution in [2.45, 2.75) is 85.5 Å². The molecule has 0 aromatic heterocycles. The van der Waals surface area contributed by atoms with Crippen LogP contribution in [0.5, 0.6) is 0 Å². The highest BCUT2D eigenvalue weighted by Crippen LogP contribution is 2.35. The van der Waals surface area contributed by atoms with E-state index in [1.54, 1.807) is 0 Å². The van der Waals surface area contributed by atoms with Gasteiger partial charge in [-0.15, -0.1) is 0 Å². The van der Waals surface area contributed by atoms with Crippen LogP contribution in [0.15, 0.2) is 24.3 Å². The van der Waals surface area contributed by atoms with Gasteiger partial charge in [0.2, 0.25) is 0 Å². The molecule has 0 aliphatic heterocycles. The van der Waals surface area contributed by atoms with E-state index in [2.05, 4.69) is 23.8 Å². The third kappa shape index (κ3) is 10.4. The zero-order chi connectivity index (χ0) is 23.2. The van der Waals surface area contributed by atoms with Crippen molar-refractivity contribution in [2.24, 2.45) is 23.7 Å². The average molecular weight is 451 g/mol. The molecule has 6 nitrogen and oxygen atoms in total. The molecule has 0 aromatic rings. The van der Waals surface area contributed by atoms with Crippen LogP contribution in [0.3, 0.4) is 0 Å². The van der Waals surface area contributed by atoms with Gasteiger partial charge in [-0.1, -0.05) is 45.6 Å². The number of esters is 1. The Morgan fingerprint density at radius 3 is 1.69 bits per heavy atom. The lowest BCUT2D eigenvalue weighted by molar-refractivity contribution is -0.142. The molecule has 182 valence electrons. The quantitative estimate of drug-likeness (QED) is 0.346. The van der Waals surface area contributed by atoms with Crippen LogP contribution in [-0.2, 0) is 23.9 Å². The van der Waals surface area contributed by atoms with E-state index in [0.717, 1.165) is 32.1 Å². The molecule has 2 rings (SSSR count). The number of ketones is 2. The number of carbonyl (C=O) groups is 4. The first-order valence-electron chi connectivity index (χ1n) is 11.5. The molecular formula is C26H42O6. The fourth-order valence-electron chi connectivity index (χ4n) is 4.43. The molecule has 2 saturated carbocycles. The topological polar surface area (TPSA) is 97.7 Å². The normalized spacial score (nSPS) is 25.0. The van der Waals surface area contributed by atoms with Crippen molar-refractivity contribution >= 4 is 23.5 Å². The fourth-order valence-corrected chi connectivity index (χ4v) is 4.43. The Balaban J connectivity index is 0.000000584. The van der Waals surface area contributed by atoms with Crippen LogP contribution in [0.4, 0.5) is 0 Å². The highest BCUT2D eigenvalue weighted by atomic mass is 16.5. The zero-order valence-electron chi connectivity index (χ0n) is 19.2. The molecule has 0 bridgehead atoms. The summed E-state index contributed by atoms with van der Waals surface area (Å²) >= 11 is 0. The molecule has 4 atom stereocenters. The molecule has 2 aliphatic carbocycles. The van der Waals surface area contributed by atoms with Gasteiger partial charge in [0.25, 0.3) is 0 Å². The highest BCUT2D eigenvalue weighted by molar-refractivity contribution is 5.85. The molecule has 1 N–H and O–H groups in total. The minimum atomic E-state index is -0.792. The first-order valence-corrected chi connectivity index (χ1v) is 11.5. The Hall–Kier alpha value is -2.24. The molecule has 32 heavy (non-hydrogen) atoms. The molecule has 0 unspecified atom stereocenters. The summed E-state index contributed by atoms with van der Waals surface area (Å²) in [5.74, 6) is -0.247. The van der Waals surface area contributed by atoms with Crippen molar-refractivity contribution in [2.75, 3.05) is 7.11 Å². The number of allylic oxidation sites excluding steroid dienone is 4.